The van der Waals surface area contributed by atoms with E-state index in [2.05, 4.69) is 24.8 Å². The van der Waals surface area contributed by atoms with Crippen LogP contribution in [0.4, 0.5) is 5.82 Å². The Morgan fingerprint density at radius 1 is 1.42 bits per heavy atom. The molecule has 172 valence electrons. The zero-order valence-electron chi connectivity index (χ0n) is 16.8. The molecule has 2 fully saturated rings. The number of ether oxygens (including phenoxy) is 2. The lowest BCUT2D eigenvalue weighted by atomic mass is 10.1. The van der Waals surface area contributed by atoms with E-state index in [1.165, 1.54) is 10.9 Å². The molecule has 4 N–H and O–H groups in total. The molecule has 31 heavy (non-hydrogen) atoms. The molecule has 1 unspecified atom stereocenters. The van der Waals surface area contributed by atoms with Crippen molar-refractivity contribution < 1.29 is 33.7 Å². The standard InChI is InChI=1S/C17H25ClN5O7P/c1-28-31(26,27)9-29-6-11-13(24)17(25,7-30-11)23-8-19-12-14(20-10-4-2-3-5-10)21-16(18)22-15(12)23/h8,10-11,13,24-25H,2-7,9H2,1H3,(H,26,27)(H,20,21,22)/t11-,13-,17+/m1/s1. The summed E-state index contributed by atoms with van der Waals surface area (Å²) >= 11 is 6.12. The second-order valence-electron chi connectivity index (χ2n) is 7.75. The Labute approximate surface area is 183 Å². The zero-order valence-corrected chi connectivity index (χ0v) is 18.5. The summed E-state index contributed by atoms with van der Waals surface area (Å²) < 4.78 is 27.9. The van der Waals surface area contributed by atoms with E-state index in [0.29, 0.717) is 11.3 Å². The van der Waals surface area contributed by atoms with Crippen molar-refractivity contribution in [2.24, 2.45) is 0 Å². The molecule has 1 aliphatic carbocycles. The first-order valence-electron chi connectivity index (χ1n) is 9.88. The maximum absolute atomic E-state index is 11.5. The van der Waals surface area contributed by atoms with Crippen LogP contribution in [-0.4, -0.2) is 79.5 Å². The Morgan fingerprint density at radius 2 is 2.16 bits per heavy atom. The van der Waals surface area contributed by atoms with Crippen LogP contribution in [0, 0.1) is 0 Å². The normalized spacial score (nSPS) is 28.9. The van der Waals surface area contributed by atoms with Gasteiger partial charge in [0.1, 0.15) is 18.6 Å². The Balaban J connectivity index is 1.55. The van der Waals surface area contributed by atoms with E-state index < -0.39 is 31.9 Å². The fourth-order valence-corrected chi connectivity index (χ4v) is 4.52. The Hall–Kier alpha value is -1.37. The lowest BCUT2D eigenvalue weighted by molar-refractivity contribution is -0.111. The Bertz CT molecular complexity index is 987. The summed E-state index contributed by atoms with van der Waals surface area (Å²) in [6.07, 6.45) is 2.71. The lowest BCUT2D eigenvalue weighted by Gasteiger charge is -2.28. The number of hydrogen-bond donors (Lipinski definition) is 4. The second-order valence-corrected chi connectivity index (χ2v) is 9.98. The van der Waals surface area contributed by atoms with E-state index >= 15 is 0 Å². The van der Waals surface area contributed by atoms with Crippen molar-refractivity contribution in [3.05, 3.63) is 11.6 Å². The van der Waals surface area contributed by atoms with Gasteiger partial charge in [0.15, 0.2) is 22.7 Å². The average Bonchev–Trinajstić information content (AvgIpc) is 3.44. The van der Waals surface area contributed by atoms with Gasteiger partial charge in [0.2, 0.25) is 5.28 Å². The van der Waals surface area contributed by atoms with Gasteiger partial charge in [-0.25, -0.2) is 4.98 Å². The van der Waals surface area contributed by atoms with Crippen LogP contribution in [0.25, 0.3) is 11.2 Å². The highest BCUT2D eigenvalue weighted by atomic mass is 35.5. The van der Waals surface area contributed by atoms with Gasteiger partial charge in [-0.3, -0.25) is 9.13 Å². The van der Waals surface area contributed by atoms with Crippen molar-refractivity contribution in [1.29, 1.82) is 0 Å². The van der Waals surface area contributed by atoms with Crippen molar-refractivity contribution in [2.45, 2.75) is 49.7 Å². The average molecular weight is 478 g/mol. The zero-order chi connectivity index (χ0) is 22.2. The van der Waals surface area contributed by atoms with Gasteiger partial charge in [-0.1, -0.05) is 12.8 Å². The molecule has 2 aliphatic rings. The molecule has 14 heteroatoms. The number of hydrogen-bond acceptors (Lipinski definition) is 10. The van der Waals surface area contributed by atoms with Crippen LogP contribution in [0.2, 0.25) is 5.28 Å². The Morgan fingerprint density at radius 3 is 2.87 bits per heavy atom. The smallest absolute Gasteiger partial charge is 0.353 e. The number of nitrogens with zero attached hydrogens (tertiary/aromatic N) is 4. The number of nitrogens with one attached hydrogen (secondary N) is 1. The molecule has 0 aromatic carbocycles. The summed E-state index contributed by atoms with van der Waals surface area (Å²) in [7, 11) is -2.77. The van der Waals surface area contributed by atoms with E-state index in [9.17, 15) is 19.7 Å². The third-order valence-electron chi connectivity index (χ3n) is 5.64. The first-order valence-corrected chi connectivity index (χ1v) is 12.0. The number of halogens is 1. The molecule has 1 saturated carbocycles. The Kier molecular flexibility index (Phi) is 6.53. The van der Waals surface area contributed by atoms with Crippen LogP contribution in [0.3, 0.4) is 0 Å². The third-order valence-corrected chi connectivity index (χ3v) is 6.89. The number of imidazole rings is 1. The van der Waals surface area contributed by atoms with Gasteiger partial charge in [0.05, 0.1) is 19.5 Å². The molecule has 0 spiro atoms. The highest BCUT2D eigenvalue weighted by molar-refractivity contribution is 7.52. The van der Waals surface area contributed by atoms with E-state index in [1.54, 1.807) is 0 Å². The van der Waals surface area contributed by atoms with Crippen LogP contribution in [-0.2, 0) is 24.3 Å². The molecule has 2 aromatic heterocycles. The molecular weight excluding hydrogens is 453 g/mol. The van der Waals surface area contributed by atoms with Crippen molar-refractivity contribution in [3.8, 4) is 0 Å². The van der Waals surface area contributed by atoms with E-state index in [4.69, 9.17) is 21.1 Å². The summed E-state index contributed by atoms with van der Waals surface area (Å²) in [6, 6.07) is 0.263. The summed E-state index contributed by atoms with van der Waals surface area (Å²) in [5, 5.41) is 25.3. The molecule has 4 rings (SSSR count). The lowest BCUT2D eigenvalue weighted by Crippen LogP contribution is -2.47. The fraction of sp³-hybridized carbons (Fsp3) is 0.706. The summed E-state index contributed by atoms with van der Waals surface area (Å²) in [6.45, 7) is -0.504. The summed E-state index contributed by atoms with van der Waals surface area (Å²) in [5.74, 6) is 0.468. The van der Waals surface area contributed by atoms with Gasteiger partial charge < -0.3 is 34.4 Å². The molecule has 0 amide bonds. The van der Waals surface area contributed by atoms with E-state index in [0.717, 1.165) is 32.8 Å². The van der Waals surface area contributed by atoms with Crippen molar-refractivity contribution in [1.82, 2.24) is 19.5 Å². The van der Waals surface area contributed by atoms with Crippen LogP contribution in [0.1, 0.15) is 25.7 Å². The van der Waals surface area contributed by atoms with E-state index in [-0.39, 0.29) is 30.2 Å². The minimum absolute atomic E-state index is 0.0232. The van der Waals surface area contributed by atoms with Crippen LogP contribution < -0.4 is 5.32 Å². The van der Waals surface area contributed by atoms with Crippen molar-refractivity contribution in [2.75, 3.05) is 32.0 Å². The molecule has 0 bridgehead atoms. The second kappa shape index (κ2) is 8.87. The highest BCUT2D eigenvalue weighted by Gasteiger charge is 2.50. The number of fused-ring (bicyclic) bond motifs is 1. The maximum atomic E-state index is 11.5. The van der Waals surface area contributed by atoms with Gasteiger partial charge in [-0.05, 0) is 24.4 Å². The topological polar surface area (TPSA) is 161 Å². The van der Waals surface area contributed by atoms with Gasteiger partial charge in [-0.2, -0.15) is 9.97 Å². The van der Waals surface area contributed by atoms with Crippen LogP contribution >= 0.6 is 19.2 Å². The number of aromatic nitrogens is 4. The van der Waals surface area contributed by atoms with Gasteiger partial charge in [0.25, 0.3) is 0 Å². The summed E-state index contributed by atoms with van der Waals surface area (Å²) in [5.41, 5.74) is -1.24. The van der Waals surface area contributed by atoms with Gasteiger partial charge >= 0.3 is 7.60 Å². The van der Waals surface area contributed by atoms with Crippen molar-refractivity contribution in [3.63, 3.8) is 0 Å². The maximum Gasteiger partial charge on any atom is 0.353 e. The highest BCUT2D eigenvalue weighted by Crippen LogP contribution is 2.41. The molecule has 12 nitrogen and oxygen atoms in total. The van der Waals surface area contributed by atoms with Gasteiger partial charge in [0, 0.05) is 13.2 Å². The quantitative estimate of drug-likeness (QED) is 0.317. The SMILES string of the molecule is COP(=O)(O)COC[C@H]1OC[C@@](O)(n2cnc3c(NC4CCCC4)nc(Cl)nc32)[C@@H]1O. The minimum atomic E-state index is -3.86. The van der Waals surface area contributed by atoms with E-state index in [1.807, 2.05) is 0 Å². The number of aliphatic hydroxyl groups excluding tert-OH is 1. The minimum Gasteiger partial charge on any atom is -0.385 e. The third kappa shape index (κ3) is 4.57. The number of rotatable bonds is 8. The summed E-state index contributed by atoms with van der Waals surface area (Å²) in [4.78, 5) is 22.2. The van der Waals surface area contributed by atoms with Crippen molar-refractivity contribution >= 4 is 36.2 Å². The molecule has 2 aromatic rings. The first-order chi connectivity index (χ1) is 14.7. The van der Waals surface area contributed by atoms with Gasteiger partial charge in [-0.15, -0.1) is 0 Å². The van der Waals surface area contributed by atoms with Crippen LogP contribution in [0.5, 0.6) is 0 Å². The van der Waals surface area contributed by atoms with Crippen LogP contribution in [0.15, 0.2) is 6.33 Å². The molecule has 0 radical (unpaired) electrons. The fourth-order valence-electron chi connectivity index (χ4n) is 3.91. The molecule has 4 atom stereocenters. The number of anilines is 1. The number of aliphatic hydroxyl groups is 2. The largest absolute Gasteiger partial charge is 0.385 e. The molecule has 1 saturated heterocycles. The predicted octanol–water partition coefficient (Wildman–Crippen LogP) is 1.04. The molecule has 3 heterocycles. The molecule has 1 aliphatic heterocycles. The monoisotopic (exact) mass is 477 g/mol. The first kappa shape index (κ1) is 22.8. The molecular formula is C17H25ClN5O7P. The predicted molar refractivity (Wildman–Crippen MR) is 110 cm³/mol.